The predicted molar refractivity (Wildman–Crippen MR) is 81.8 cm³/mol. The van der Waals surface area contributed by atoms with Crippen molar-refractivity contribution >= 4 is 27.3 Å². The number of rotatable bonds is 5. The standard InChI is InChI=1S/C14H22BrNS/c1-6-14(5,10-16-13(2,3)4)8-12-7-11(15)9-17-12/h6-7,9,16H,1,8,10H2,2-5H3. The fraction of sp³-hybridized carbons (Fsp3) is 0.571. The zero-order valence-electron chi connectivity index (χ0n) is 11.1. The summed E-state index contributed by atoms with van der Waals surface area (Å²) in [6, 6.07) is 2.20. The van der Waals surface area contributed by atoms with Crippen LogP contribution in [-0.2, 0) is 6.42 Å². The third-order valence-corrected chi connectivity index (χ3v) is 4.41. The van der Waals surface area contributed by atoms with Gasteiger partial charge in [0.05, 0.1) is 0 Å². The van der Waals surface area contributed by atoms with Gasteiger partial charge in [-0.25, -0.2) is 0 Å². The summed E-state index contributed by atoms with van der Waals surface area (Å²) in [5, 5.41) is 5.70. The minimum Gasteiger partial charge on any atom is -0.311 e. The molecule has 0 aromatic carbocycles. The van der Waals surface area contributed by atoms with Gasteiger partial charge in [0.25, 0.3) is 0 Å². The van der Waals surface area contributed by atoms with E-state index in [0.29, 0.717) is 0 Å². The minimum absolute atomic E-state index is 0.109. The maximum atomic E-state index is 3.99. The van der Waals surface area contributed by atoms with Crippen molar-refractivity contribution in [3.05, 3.63) is 33.5 Å². The van der Waals surface area contributed by atoms with Crippen LogP contribution < -0.4 is 5.32 Å². The molecule has 0 radical (unpaired) electrons. The van der Waals surface area contributed by atoms with Crippen molar-refractivity contribution in [3.8, 4) is 0 Å². The Morgan fingerprint density at radius 3 is 2.47 bits per heavy atom. The second kappa shape index (κ2) is 5.68. The fourth-order valence-electron chi connectivity index (χ4n) is 1.52. The normalized spacial score (nSPS) is 15.6. The van der Waals surface area contributed by atoms with Crippen LogP contribution in [0.4, 0.5) is 0 Å². The molecule has 0 aliphatic carbocycles. The van der Waals surface area contributed by atoms with Crippen LogP contribution in [0.15, 0.2) is 28.6 Å². The topological polar surface area (TPSA) is 12.0 Å². The molecule has 1 heterocycles. The molecule has 3 heteroatoms. The van der Waals surface area contributed by atoms with Crippen molar-refractivity contribution in [2.75, 3.05) is 6.54 Å². The molecule has 1 aromatic rings. The van der Waals surface area contributed by atoms with Crippen LogP contribution in [0, 0.1) is 5.41 Å². The lowest BCUT2D eigenvalue weighted by molar-refractivity contribution is 0.324. The van der Waals surface area contributed by atoms with Crippen LogP contribution in [0.2, 0.25) is 0 Å². The maximum absolute atomic E-state index is 3.99. The third kappa shape index (κ3) is 5.36. The molecule has 0 saturated heterocycles. The van der Waals surface area contributed by atoms with Crippen LogP contribution in [-0.4, -0.2) is 12.1 Å². The van der Waals surface area contributed by atoms with Crippen molar-refractivity contribution in [3.63, 3.8) is 0 Å². The van der Waals surface area contributed by atoms with Gasteiger partial charge in [0.2, 0.25) is 0 Å². The van der Waals surface area contributed by atoms with Crippen molar-refractivity contribution in [2.24, 2.45) is 5.41 Å². The molecule has 96 valence electrons. The SMILES string of the molecule is C=CC(C)(CNC(C)(C)C)Cc1cc(Br)cs1. The van der Waals surface area contributed by atoms with Crippen molar-refractivity contribution < 1.29 is 0 Å². The smallest absolute Gasteiger partial charge is 0.0285 e. The van der Waals surface area contributed by atoms with E-state index in [2.05, 4.69) is 73.0 Å². The maximum Gasteiger partial charge on any atom is 0.0285 e. The molecular weight excluding hydrogens is 294 g/mol. The predicted octanol–water partition coefficient (Wildman–Crippen LogP) is 4.63. The number of halogens is 1. The molecule has 0 amide bonds. The van der Waals surface area contributed by atoms with Crippen molar-refractivity contribution in [1.29, 1.82) is 0 Å². The lowest BCUT2D eigenvalue weighted by Crippen LogP contribution is -2.42. The Kier molecular flexibility index (Phi) is 4.99. The van der Waals surface area contributed by atoms with E-state index in [1.807, 2.05) is 0 Å². The highest BCUT2D eigenvalue weighted by molar-refractivity contribution is 9.10. The summed E-state index contributed by atoms with van der Waals surface area (Å²) in [6.45, 7) is 13.8. The van der Waals surface area contributed by atoms with Gasteiger partial charge < -0.3 is 5.32 Å². The van der Waals surface area contributed by atoms with Gasteiger partial charge in [0.1, 0.15) is 0 Å². The number of nitrogens with one attached hydrogen (secondary N) is 1. The van der Waals surface area contributed by atoms with Crippen LogP contribution in [0.1, 0.15) is 32.6 Å². The minimum atomic E-state index is 0.109. The van der Waals surface area contributed by atoms with Gasteiger partial charge in [0, 0.05) is 32.2 Å². The molecule has 1 nitrogen and oxygen atoms in total. The molecule has 0 spiro atoms. The van der Waals surface area contributed by atoms with Crippen LogP contribution in [0.5, 0.6) is 0 Å². The quantitative estimate of drug-likeness (QED) is 0.781. The van der Waals surface area contributed by atoms with Gasteiger partial charge in [0.15, 0.2) is 0 Å². The molecule has 1 aromatic heterocycles. The molecule has 1 rings (SSSR count). The van der Waals surface area contributed by atoms with E-state index in [9.17, 15) is 0 Å². The van der Waals surface area contributed by atoms with Gasteiger partial charge in [-0.2, -0.15) is 0 Å². The molecule has 0 fully saturated rings. The largest absolute Gasteiger partial charge is 0.311 e. The molecule has 0 bridgehead atoms. The zero-order chi connectivity index (χ0) is 13.1. The van der Waals surface area contributed by atoms with Crippen LogP contribution in [0.25, 0.3) is 0 Å². The molecule has 1 atom stereocenters. The lowest BCUT2D eigenvalue weighted by atomic mass is 9.85. The van der Waals surface area contributed by atoms with Crippen molar-refractivity contribution in [2.45, 2.75) is 39.7 Å². The molecule has 1 N–H and O–H groups in total. The van der Waals surface area contributed by atoms with E-state index >= 15 is 0 Å². The Morgan fingerprint density at radius 2 is 2.06 bits per heavy atom. The lowest BCUT2D eigenvalue weighted by Gasteiger charge is -2.31. The highest BCUT2D eigenvalue weighted by Crippen LogP contribution is 2.29. The Balaban J connectivity index is 2.65. The van der Waals surface area contributed by atoms with Gasteiger partial charge in [-0.15, -0.1) is 17.9 Å². The summed E-state index contributed by atoms with van der Waals surface area (Å²) in [5.74, 6) is 0. The summed E-state index contributed by atoms with van der Waals surface area (Å²) in [5.41, 5.74) is 0.262. The summed E-state index contributed by atoms with van der Waals surface area (Å²) in [7, 11) is 0. The van der Waals surface area contributed by atoms with Gasteiger partial charge >= 0.3 is 0 Å². The Labute approximate surface area is 117 Å². The van der Waals surface area contributed by atoms with Gasteiger partial charge in [-0.1, -0.05) is 13.0 Å². The van der Waals surface area contributed by atoms with Gasteiger partial charge in [-0.3, -0.25) is 0 Å². The van der Waals surface area contributed by atoms with E-state index in [0.717, 1.165) is 13.0 Å². The first-order valence-corrected chi connectivity index (χ1v) is 7.53. The summed E-state index contributed by atoms with van der Waals surface area (Å²) < 4.78 is 1.17. The highest BCUT2D eigenvalue weighted by Gasteiger charge is 2.23. The average Bonchev–Trinajstić information content (AvgIpc) is 2.60. The second-order valence-corrected chi connectivity index (χ2v) is 7.78. The fourth-order valence-corrected chi connectivity index (χ4v) is 3.17. The van der Waals surface area contributed by atoms with E-state index in [1.165, 1.54) is 9.35 Å². The number of thiophene rings is 1. The first-order chi connectivity index (χ1) is 7.74. The van der Waals surface area contributed by atoms with Crippen LogP contribution in [0.3, 0.4) is 0 Å². The molecule has 0 aliphatic heterocycles. The summed E-state index contributed by atoms with van der Waals surface area (Å²) in [6.07, 6.45) is 3.11. The first-order valence-electron chi connectivity index (χ1n) is 5.86. The second-order valence-electron chi connectivity index (χ2n) is 5.87. The number of hydrogen-bond donors (Lipinski definition) is 1. The third-order valence-electron chi connectivity index (χ3n) is 2.72. The van der Waals surface area contributed by atoms with E-state index < -0.39 is 0 Å². The summed E-state index contributed by atoms with van der Waals surface area (Å²) in [4.78, 5) is 1.40. The molecule has 0 aliphatic rings. The Morgan fingerprint density at radius 1 is 1.41 bits per heavy atom. The molecule has 17 heavy (non-hydrogen) atoms. The number of hydrogen-bond acceptors (Lipinski definition) is 2. The average molecular weight is 316 g/mol. The van der Waals surface area contributed by atoms with E-state index in [-0.39, 0.29) is 11.0 Å². The van der Waals surface area contributed by atoms with Gasteiger partial charge in [-0.05, 0) is 49.2 Å². The molecule has 0 saturated carbocycles. The Hall–Kier alpha value is -0.120. The van der Waals surface area contributed by atoms with Crippen LogP contribution >= 0.6 is 27.3 Å². The zero-order valence-corrected chi connectivity index (χ0v) is 13.5. The first kappa shape index (κ1) is 14.9. The molecule has 1 unspecified atom stereocenters. The highest BCUT2D eigenvalue weighted by atomic mass is 79.9. The van der Waals surface area contributed by atoms with E-state index in [4.69, 9.17) is 0 Å². The monoisotopic (exact) mass is 315 g/mol. The van der Waals surface area contributed by atoms with E-state index in [1.54, 1.807) is 11.3 Å². The van der Waals surface area contributed by atoms with Crippen molar-refractivity contribution in [1.82, 2.24) is 5.32 Å². The summed E-state index contributed by atoms with van der Waals surface area (Å²) >= 11 is 5.30. The molecular formula is C14H22BrNS. The Bertz CT molecular complexity index is 378.